The van der Waals surface area contributed by atoms with Gasteiger partial charge in [0.25, 0.3) is 5.91 Å². The van der Waals surface area contributed by atoms with Gasteiger partial charge in [0.05, 0.1) is 18.2 Å². The molecule has 4 unspecified atom stereocenters. The fourth-order valence-corrected chi connectivity index (χ4v) is 6.56. The van der Waals surface area contributed by atoms with E-state index in [1.807, 2.05) is 11.8 Å². The highest BCUT2D eigenvalue weighted by Gasteiger charge is 2.64. The molecule has 3 aliphatic rings. The minimum Gasteiger partial charge on any atom is -0.508 e. The van der Waals surface area contributed by atoms with Gasteiger partial charge in [-0.15, -0.1) is 0 Å². The molecule has 1 amide bonds. The van der Waals surface area contributed by atoms with Crippen LogP contribution in [0.4, 0.5) is 5.69 Å². The maximum Gasteiger partial charge on any atom is 0.255 e. The highest BCUT2D eigenvalue weighted by molar-refractivity contribution is 6.24. The number of hydrogen-bond acceptors (Lipinski definition) is 11. The number of rotatable bonds is 9. The van der Waals surface area contributed by atoms with Crippen molar-refractivity contribution in [1.29, 1.82) is 0 Å². The van der Waals surface area contributed by atoms with E-state index in [1.54, 1.807) is 34.3 Å². The maximum atomic E-state index is 14.0. The first-order valence-electron chi connectivity index (χ1n) is 13.6. The molecule has 0 aromatic heterocycles. The number of likely N-dealkylation sites (N-methyl/N-ethyl adjacent to an activating group) is 2. The predicted molar refractivity (Wildman–Crippen MR) is 150 cm³/mol. The molecule has 0 radical (unpaired) electrons. The summed E-state index contributed by atoms with van der Waals surface area (Å²) in [6, 6.07) is 0.616. The van der Waals surface area contributed by atoms with Crippen LogP contribution in [0.25, 0.3) is 5.76 Å². The minimum atomic E-state index is -2.69. The number of phenols is 1. The number of nitrogens with two attached hydrogens (primary N) is 1. The number of primary amides is 1. The fourth-order valence-electron chi connectivity index (χ4n) is 6.56. The second kappa shape index (κ2) is 10.9. The van der Waals surface area contributed by atoms with Gasteiger partial charge < -0.3 is 36.4 Å². The number of benzene rings is 1. The van der Waals surface area contributed by atoms with Crippen LogP contribution in [0.5, 0.6) is 5.75 Å². The highest BCUT2D eigenvalue weighted by Crippen LogP contribution is 2.54. The largest absolute Gasteiger partial charge is 0.508 e. The summed E-state index contributed by atoms with van der Waals surface area (Å²) in [5, 5.41) is 48.6. The Bertz CT molecular complexity index is 1400. The summed E-state index contributed by atoms with van der Waals surface area (Å²) in [5.41, 5.74) is 3.27. The molecule has 4 rings (SSSR count). The Labute approximate surface area is 238 Å². The molecule has 0 aliphatic heterocycles. The van der Waals surface area contributed by atoms with E-state index in [4.69, 9.17) is 5.73 Å². The third kappa shape index (κ3) is 4.69. The Balaban J connectivity index is 1.89. The average molecular weight is 571 g/mol. The van der Waals surface area contributed by atoms with Crippen LogP contribution in [-0.4, -0.2) is 102 Å². The number of phenolic OH excluding ortho intramolecular Hbond substituents is 1. The Hall–Kier alpha value is -3.74. The number of aliphatic hydroxyl groups excluding tert-OH is 2. The summed E-state index contributed by atoms with van der Waals surface area (Å²) in [5.74, 6) is -6.95. The topological polar surface area (TPSA) is 194 Å². The van der Waals surface area contributed by atoms with Crippen LogP contribution in [0, 0.1) is 11.8 Å². The molecule has 3 aliphatic carbocycles. The average Bonchev–Trinajstić information content (AvgIpc) is 2.88. The number of anilines is 1. The number of fused-ring (bicyclic) bond motifs is 3. The number of Topliss-reactive ketones (excluding diaryl/α,β-unsaturated/α-hetero) is 3. The van der Waals surface area contributed by atoms with Gasteiger partial charge in [-0.1, -0.05) is 6.92 Å². The lowest BCUT2D eigenvalue weighted by Gasteiger charge is -2.50. The van der Waals surface area contributed by atoms with Crippen LogP contribution in [0.15, 0.2) is 23.0 Å². The van der Waals surface area contributed by atoms with Gasteiger partial charge in [0.2, 0.25) is 5.78 Å². The van der Waals surface area contributed by atoms with Gasteiger partial charge in [-0.3, -0.25) is 24.1 Å². The van der Waals surface area contributed by atoms with E-state index in [0.717, 1.165) is 0 Å². The highest BCUT2D eigenvalue weighted by atomic mass is 16.3. The molecule has 0 spiro atoms. The summed E-state index contributed by atoms with van der Waals surface area (Å²) in [6.45, 7) is 2.71. The quantitative estimate of drug-likeness (QED) is 0.221. The molecule has 12 nitrogen and oxygen atoms in total. The van der Waals surface area contributed by atoms with Crippen LogP contribution >= 0.6 is 0 Å². The van der Waals surface area contributed by atoms with Crippen molar-refractivity contribution in [2.45, 2.75) is 44.2 Å². The third-order valence-corrected chi connectivity index (χ3v) is 8.50. The summed E-state index contributed by atoms with van der Waals surface area (Å²) >= 11 is 0. The van der Waals surface area contributed by atoms with Crippen molar-refractivity contribution < 1.29 is 39.6 Å². The third-order valence-electron chi connectivity index (χ3n) is 8.50. The van der Waals surface area contributed by atoms with Gasteiger partial charge in [0, 0.05) is 37.7 Å². The minimum absolute atomic E-state index is 0.0140. The van der Waals surface area contributed by atoms with Crippen LogP contribution in [0.2, 0.25) is 0 Å². The van der Waals surface area contributed by atoms with Crippen LogP contribution < -0.4 is 16.0 Å². The zero-order chi connectivity index (χ0) is 30.5. The second-order valence-corrected chi connectivity index (χ2v) is 11.4. The van der Waals surface area contributed by atoms with Crippen LogP contribution in [-0.2, 0) is 32.0 Å². The SMILES string of the molecule is CCNCC(=O)CCc1cc(N(C)C)c2c(c1O)C(O)=C1C(=O)C3(O)C(O)=C(C(N)=O)C(=O)C(N(C)C)C3CC1C2. The number of nitrogens with one attached hydrogen (secondary N) is 1. The fraction of sp³-hybridized carbons (Fsp3) is 0.517. The summed E-state index contributed by atoms with van der Waals surface area (Å²) < 4.78 is 0. The number of aryl methyl sites for hydroxylation is 1. The molecule has 222 valence electrons. The Kier molecular flexibility index (Phi) is 8.05. The number of amides is 1. The lowest BCUT2D eigenvalue weighted by Crippen LogP contribution is -2.65. The summed E-state index contributed by atoms with van der Waals surface area (Å²) in [7, 11) is 6.70. The molecule has 4 atom stereocenters. The first kappa shape index (κ1) is 30.2. The lowest BCUT2D eigenvalue weighted by atomic mass is 9.57. The molecular formula is C29H38N4O8. The molecule has 1 fully saturated rings. The van der Waals surface area contributed by atoms with Gasteiger partial charge in [0.1, 0.15) is 28.6 Å². The lowest BCUT2D eigenvalue weighted by molar-refractivity contribution is -0.153. The molecular weight excluding hydrogens is 532 g/mol. The second-order valence-electron chi connectivity index (χ2n) is 11.4. The van der Waals surface area contributed by atoms with Crippen molar-refractivity contribution in [2.75, 3.05) is 46.2 Å². The molecule has 1 saturated carbocycles. The number of ketones is 3. The number of aromatic hydroxyl groups is 1. The van der Waals surface area contributed by atoms with Gasteiger partial charge >= 0.3 is 0 Å². The van der Waals surface area contributed by atoms with Gasteiger partial charge in [-0.2, -0.15) is 0 Å². The molecule has 7 N–H and O–H groups in total. The Morgan fingerprint density at radius 1 is 1.15 bits per heavy atom. The van der Waals surface area contributed by atoms with Crippen LogP contribution in [0.3, 0.4) is 0 Å². The van der Waals surface area contributed by atoms with E-state index in [-0.39, 0.29) is 54.9 Å². The van der Waals surface area contributed by atoms with Crippen molar-refractivity contribution in [3.05, 3.63) is 39.7 Å². The number of carbonyl (C=O) groups is 4. The molecule has 0 saturated heterocycles. The van der Waals surface area contributed by atoms with Gasteiger partial charge in [0.15, 0.2) is 11.4 Å². The molecule has 0 bridgehead atoms. The van der Waals surface area contributed by atoms with Gasteiger partial charge in [-0.05, 0) is 63.0 Å². The number of hydrogen-bond donors (Lipinski definition) is 6. The molecule has 0 heterocycles. The van der Waals surface area contributed by atoms with Crippen molar-refractivity contribution in [3.63, 3.8) is 0 Å². The predicted octanol–water partition coefficient (Wildman–Crippen LogP) is 0.141. The van der Waals surface area contributed by atoms with Crippen molar-refractivity contribution in [2.24, 2.45) is 17.6 Å². The van der Waals surface area contributed by atoms with E-state index in [2.05, 4.69) is 5.32 Å². The zero-order valence-corrected chi connectivity index (χ0v) is 23.9. The Morgan fingerprint density at radius 2 is 1.80 bits per heavy atom. The first-order valence-corrected chi connectivity index (χ1v) is 13.6. The molecule has 41 heavy (non-hydrogen) atoms. The van der Waals surface area contributed by atoms with Crippen molar-refractivity contribution >= 4 is 34.7 Å². The van der Waals surface area contributed by atoms with E-state index < -0.39 is 58.0 Å². The summed E-state index contributed by atoms with van der Waals surface area (Å²) in [4.78, 5) is 55.0. The number of carbonyl (C=O) groups excluding carboxylic acids is 4. The number of nitrogens with zero attached hydrogens (tertiary/aromatic N) is 2. The summed E-state index contributed by atoms with van der Waals surface area (Å²) in [6.07, 6.45) is 0.532. The van der Waals surface area contributed by atoms with Crippen molar-refractivity contribution in [3.8, 4) is 5.75 Å². The van der Waals surface area contributed by atoms with E-state index in [0.29, 0.717) is 23.4 Å². The zero-order valence-electron chi connectivity index (χ0n) is 23.9. The number of aliphatic hydroxyl groups is 3. The van der Waals surface area contributed by atoms with E-state index in [1.165, 1.54) is 4.90 Å². The standard InChI is InChI=1S/C29H38N4O8/c1-6-31-12-15(34)8-7-13-11-18(32(2)3)16-9-14-10-17-22(33(4)5)25(37)21(28(30)40)27(39)29(17,41)26(38)19(14)24(36)20(16)23(13)35/h11,14,17,22,31,35-36,39,41H,6-10,12H2,1-5H3,(H2,30,40). The first-order chi connectivity index (χ1) is 19.2. The molecule has 1 aromatic carbocycles. The van der Waals surface area contributed by atoms with E-state index >= 15 is 0 Å². The van der Waals surface area contributed by atoms with Crippen LogP contribution in [0.1, 0.15) is 36.5 Å². The molecule has 12 heteroatoms. The van der Waals surface area contributed by atoms with E-state index in [9.17, 15) is 39.6 Å². The smallest absolute Gasteiger partial charge is 0.255 e. The molecule has 1 aromatic rings. The Morgan fingerprint density at radius 3 is 2.37 bits per heavy atom. The van der Waals surface area contributed by atoms with Crippen molar-refractivity contribution in [1.82, 2.24) is 10.2 Å². The monoisotopic (exact) mass is 570 g/mol. The van der Waals surface area contributed by atoms with Gasteiger partial charge in [-0.25, -0.2) is 0 Å². The normalized spacial score (nSPS) is 25.7. The maximum absolute atomic E-state index is 14.0.